The van der Waals surface area contributed by atoms with Crippen molar-refractivity contribution in [3.8, 4) is 5.75 Å². The Labute approximate surface area is 146 Å². The molecular weight excluding hydrogens is 314 g/mol. The summed E-state index contributed by atoms with van der Waals surface area (Å²) in [5.41, 5.74) is 3.70. The van der Waals surface area contributed by atoms with E-state index >= 15 is 0 Å². The van der Waals surface area contributed by atoms with Gasteiger partial charge in [0.15, 0.2) is 0 Å². The summed E-state index contributed by atoms with van der Waals surface area (Å²) in [7, 11) is 0. The van der Waals surface area contributed by atoms with E-state index in [4.69, 9.17) is 0 Å². The zero-order valence-corrected chi connectivity index (χ0v) is 13.9. The van der Waals surface area contributed by atoms with Crippen molar-refractivity contribution in [3.05, 3.63) is 83.7 Å². The third-order valence-corrected chi connectivity index (χ3v) is 3.74. The number of aromatic hydroxyl groups is 1. The maximum atomic E-state index is 12.2. The fourth-order valence-corrected chi connectivity index (χ4v) is 2.40. The fourth-order valence-electron chi connectivity index (χ4n) is 2.40. The van der Waals surface area contributed by atoms with Gasteiger partial charge >= 0.3 is 0 Å². The third kappa shape index (κ3) is 4.35. The van der Waals surface area contributed by atoms with Gasteiger partial charge in [0.25, 0.3) is 5.91 Å². The number of anilines is 2. The van der Waals surface area contributed by atoms with E-state index in [0.29, 0.717) is 12.2 Å². The highest BCUT2D eigenvalue weighted by Gasteiger charge is 2.11. The lowest BCUT2D eigenvalue weighted by atomic mass is 10.1. The van der Waals surface area contributed by atoms with Gasteiger partial charge in [-0.3, -0.25) is 9.78 Å². The molecule has 0 atom stereocenters. The Hall–Kier alpha value is -3.34. The van der Waals surface area contributed by atoms with Crippen LogP contribution in [0.3, 0.4) is 0 Å². The van der Waals surface area contributed by atoms with Crippen LogP contribution in [0, 0.1) is 6.92 Å². The first-order chi connectivity index (χ1) is 12.1. The van der Waals surface area contributed by atoms with Crippen LogP contribution >= 0.6 is 0 Å². The van der Waals surface area contributed by atoms with Gasteiger partial charge in [-0.15, -0.1) is 0 Å². The highest BCUT2D eigenvalue weighted by atomic mass is 16.3. The fraction of sp³-hybridized carbons (Fsp3) is 0.100. The Morgan fingerprint density at radius 3 is 2.48 bits per heavy atom. The average molecular weight is 333 g/mol. The van der Waals surface area contributed by atoms with Crippen LogP contribution in [0.1, 0.15) is 21.6 Å². The van der Waals surface area contributed by atoms with Crippen LogP contribution in [-0.2, 0) is 6.54 Å². The number of nitrogens with one attached hydrogen (secondary N) is 2. The van der Waals surface area contributed by atoms with E-state index in [1.54, 1.807) is 24.4 Å². The number of hydrogen-bond donors (Lipinski definition) is 3. The molecule has 2 aromatic carbocycles. The summed E-state index contributed by atoms with van der Waals surface area (Å²) in [6.07, 6.45) is 1.76. The van der Waals surface area contributed by atoms with E-state index in [1.165, 1.54) is 0 Å². The predicted molar refractivity (Wildman–Crippen MR) is 98.8 cm³/mol. The molecule has 0 bridgehead atoms. The van der Waals surface area contributed by atoms with Crippen LogP contribution in [0.25, 0.3) is 0 Å². The molecule has 1 amide bonds. The minimum absolute atomic E-state index is 0.0221. The summed E-state index contributed by atoms with van der Waals surface area (Å²) < 4.78 is 0. The summed E-state index contributed by atoms with van der Waals surface area (Å²) in [6.45, 7) is 2.49. The zero-order valence-electron chi connectivity index (χ0n) is 13.9. The molecule has 0 saturated heterocycles. The first kappa shape index (κ1) is 16.5. The van der Waals surface area contributed by atoms with Crippen LogP contribution < -0.4 is 10.6 Å². The number of aromatic nitrogens is 1. The standard InChI is InChI=1S/C20H19N3O2/c1-14-5-10-18(19(24)12-14)20(25)23-16-8-6-15(7-9-16)22-13-17-4-2-3-11-21-17/h2-12,22,24H,13H2,1H3,(H,23,25). The van der Waals surface area contributed by atoms with Crippen molar-refractivity contribution < 1.29 is 9.90 Å². The van der Waals surface area contributed by atoms with E-state index in [0.717, 1.165) is 16.9 Å². The molecule has 0 fully saturated rings. The molecule has 25 heavy (non-hydrogen) atoms. The van der Waals surface area contributed by atoms with E-state index in [9.17, 15) is 9.90 Å². The molecule has 0 unspecified atom stereocenters. The van der Waals surface area contributed by atoms with Gasteiger partial charge in [0.1, 0.15) is 5.75 Å². The minimum Gasteiger partial charge on any atom is -0.507 e. The van der Waals surface area contributed by atoms with Gasteiger partial charge in [0, 0.05) is 17.6 Å². The topological polar surface area (TPSA) is 74.2 Å². The van der Waals surface area contributed by atoms with Crippen LogP contribution in [-0.4, -0.2) is 16.0 Å². The highest BCUT2D eigenvalue weighted by Crippen LogP contribution is 2.21. The number of amides is 1. The molecule has 0 spiro atoms. The minimum atomic E-state index is -0.341. The number of hydrogen-bond acceptors (Lipinski definition) is 4. The molecule has 3 aromatic rings. The van der Waals surface area contributed by atoms with Crippen molar-refractivity contribution in [2.45, 2.75) is 13.5 Å². The molecule has 3 rings (SSSR count). The number of aryl methyl sites for hydroxylation is 1. The largest absolute Gasteiger partial charge is 0.507 e. The maximum absolute atomic E-state index is 12.2. The van der Waals surface area contributed by atoms with Crippen molar-refractivity contribution in [1.82, 2.24) is 4.98 Å². The van der Waals surface area contributed by atoms with Gasteiger partial charge in [-0.1, -0.05) is 12.1 Å². The highest BCUT2D eigenvalue weighted by molar-refractivity contribution is 6.06. The molecule has 1 heterocycles. The third-order valence-electron chi connectivity index (χ3n) is 3.74. The lowest BCUT2D eigenvalue weighted by Gasteiger charge is -2.09. The molecule has 0 aliphatic rings. The van der Waals surface area contributed by atoms with Crippen molar-refractivity contribution in [2.24, 2.45) is 0 Å². The second kappa shape index (κ2) is 7.49. The predicted octanol–water partition coefficient (Wildman–Crippen LogP) is 3.96. The second-order valence-corrected chi connectivity index (χ2v) is 5.73. The summed E-state index contributed by atoms with van der Waals surface area (Å²) >= 11 is 0. The van der Waals surface area contributed by atoms with Crippen LogP contribution in [0.4, 0.5) is 11.4 Å². The van der Waals surface area contributed by atoms with Crippen molar-refractivity contribution >= 4 is 17.3 Å². The van der Waals surface area contributed by atoms with Crippen LogP contribution in [0.5, 0.6) is 5.75 Å². The van der Waals surface area contributed by atoms with Crippen molar-refractivity contribution in [2.75, 3.05) is 10.6 Å². The van der Waals surface area contributed by atoms with Crippen LogP contribution in [0.2, 0.25) is 0 Å². The number of pyridine rings is 1. The molecule has 1 aromatic heterocycles. The lowest BCUT2D eigenvalue weighted by Crippen LogP contribution is -2.12. The quantitative estimate of drug-likeness (QED) is 0.661. The van der Waals surface area contributed by atoms with Gasteiger partial charge in [0.05, 0.1) is 17.8 Å². The van der Waals surface area contributed by atoms with E-state index in [2.05, 4.69) is 15.6 Å². The number of phenols is 1. The maximum Gasteiger partial charge on any atom is 0.259 e. The number of carbonyl (C=O) groups is 1. The first-order valence-corrected chi connectivity index (χ1v) is 7.96. The van der Waals surface area contributed by atoms with Gasteiger partial charge in [0.2, 0.25) is 0 Å². The molecule has 0 aliphatic carbocycles. The zero-order chi connectivity index (χ0) is 17.6. The Morgan fingerprint density at radius 1 is 1.04 bits per heavy atom. The number of benzene rings is 2. The summed E-state index contributed by atoms with van der Waals surface area (Å²) in [5, 5.41) is 15.9. The Morgan fingerprint density at radius 2 is 1.80 bits per heavy atom. The molecule has 3 N–H and O–H groups in total. The smallest absolute Gasteiger partial charge is 0.259 e. The summed E-state index contributed by atoms with van der Waals surface area (Å²) in [4.78, 5) is 16.5. The first-order valence-electron chi connectivity index (χ1n) is 7.96. The normalized spacial score (nSPS) is 10.3. The number of carbonyl (C=O) groups excluding carboxylic acids is 1. The van der Waals surface area contributed by atoms with Crippen molar-refractivity contribution in [3.63, 3.8) is 0 Å². The molecular formula is C20H19N3O2. The lowest BCUT2D eigenvalue weighted by molar-refractivity contribution is 0.102. The van der Waals surface area contributed by atoms with E-state index in [1.807, 2.05) is 49.4 Å². The molecule has 5 heteroatoms. The van der Waals surface area contributed by atoms with Gasteiger partial charge < -0.3 is 15.7 Å². The summed E-state index contributed by atoms with van der Waals surface area (Å²) in [5.74, 6) is -0.363. The Kier molecular flexibility index (Phi) is 4.95. The Balaban J connectivity index is 1.61. The second-order valence-electron chi connectivity index (χ2n) is 5.73. The van der Waals surface area contributed by atoms with Crippen molar-refractivity contribution in [1.29, 1.82) is 0 Å². The average Bonchev–Trinajstić information content (AvgIpc) is 2.62. The Bertz CT molecular complexity index is 862. The number of nitrogens with zero attached hydrogens (tertiary/aromatic N) is 1. The molecule has 0 radical (unpaired) electrons. The molecule has 0 aliphatic heterocycles. The van der Waals surface area contributed by atoms with Gasteiger partial charge in [-0.05, 0) is 61.0 Å². The molecule has 0 saturated carbocycles. The van der Waals surface area contributed by atoms with Gasteiger partial charge in [-0.2, -0.15) is 0 Å². The molecule has 126 valence electrons. The monoisotopic (exact) mass is 333 g/mol. The SMILES string of the molecule is Cc1ccc(C(=O)Nc2ccc(NCc3ccccn3)cc2)c(O)c1. The van der Waals surface area contributed by atoms with Gasteiger partial charge in [-0.25, -0.2) is 0 Å². The van der Waals surface area contributed by atoms with Crippen LogP contribution in [0.15, 0.2) is 66.9 Å². The number of phenolic OH excluding ortho intramolecular Hbond substituents is 1. The van der Waals surface area contributed by atoms with E-state index < -0.39 is 0 Å². The molecule has 5 nitrogen and oxygen atoms in total. The van der Waals surface area contributed by atoms with E-state index in [-0.39, 0.29) is 17.2 Å². The number of rotatable bonds is 5. The summed E-state index contributed by atoms with van der Waals surface area (Å²) in [6, 6.07) is 18.1.